The summed E-state index contributed by atoms with van der Waals surface area (Å²) in [6, 6.07) is 11.9. The number of hydrogen-bond acceptors (Lipinski definition) is 5. The van der Waals surface area contributed by atoms with Crippen molar-refractivity contribution in [3.05, 3.63) is 65.5 Å². The van der Waals surface area contributed by atoms with Crippen LogP contribution in [0.15, 0.2) is 48.5 Å². The molecule has 3 amide bonds. The van der Waals surface area contributed by atoms with Gasteiger partial charge in [0.05, 0.1) is 12.2 Å². The van der Waals surface area contributed by atoms with Crippen molar-refractivity contribution in [1.29, 1.82) is 0 Å². The molecule has 1 spiro atoms. The number of amides is 3. The maximum Gasteiger partial charge on any atom is 0.291 e. The Kier molecular flexibility index (Phi) is 4.59. The van der Waals surface area contributed by atoms with Crippen LogP contribution in [0.4, 0.5) is 10.1 Å². The van der Waals surface area contributed by atoms with Gasteiger partial charge in [0, 0.05) is 18.0 Å². The summed E-state index contributed by atoms with van der Waals surface area (Å²) in [6.45, 7) is -0.0441. The van der Waals surface area contributed by atoms with Crippen LogP contribution in [0, 0.1) is 17.7 Å². The second kappa shape index (κ2) is 7.23. The molecule has 2 aromatic carbocycles. The highest BCUT2D eigenvalue weighted by atomic mass is 19.1. The Morgan fingerprint density at radius 2 is 1.81 bits per heavy atom. The van der Waals surface area contributed by atoms with Crippen LogP contribution in [0.5, 0.6) is 0 Å². The topological polar surface area (TPSA) is 123 Å². The average Bonchev–Trinajstić information content (AvgIpc) is 3.34. The first-order valence-electron chi connectivity index (χ1n) is 10.4. The molecular weight excluding hydrogens is 417 g/mol. The number of likely N-dealkylation sites (tertiary alicyclic amines) is 1. The number of nitrogens with zero attached hydrogens (tertiary/aromatic N) is 1. The van der Waals surface area contributed by atoms with Gasteiger partial charge in [-0.05, 0) is 30.2 Å². The molecule has 9 heteroatoms. The highest BCUT2D eigenvalue weighted by molar-refractivity contribution is 6.13. The van der Waals surface area contributed by atoms with Gasteiger partial charge in [-0.3, -0.25) is 19.3 Å². The summed E-state index contributed by atoms with van der Waals surface area (Å²) in [5.74, 6) is -4.83. The predicted molar refractivity (Wildman–Crippen MR) is 106 cm³/mol. The van der Waals surface area contributed by atoms with Crippen molar-refractivity contribution in [2.45, 2.75) is 31.0 Å². The molecule has 8 nitrogen and oxygen atoms in total. The van der Waals surface area contributed by atoms with Crippen LogP contribution in [-0.2, 0) is 31.3 Å². The summed E-state index contributed by atoms with van der Waals surface area (Å²) >= 11 is 0. The molecule has 0 saturated carbocycles. The van der Waals surface area contributed by atoms with E-state index in [1.807, 2.05) is 0 Å². The summed E-state index contributed by atoms with van der Waals surface area (Å²) in [5.41, 5.74) is 0.419. The molecule has 0 aliphatic carbocycles. The van der Waals surface area contributed by atoms with Crippen molar-refractivity contribution < 1.29 is 34.0 Å². The van der Waals surface area contributed by atoms with E-state index in [0.29, 0.717) is 16.8 Å². The quantitative estimate of drug-likeness (QED) is 0.596. The molecule has 2 aromatic rings. The van der Waals surface area contributed by atoms with E-state index in [2.05, 4.69) is 5.32 Å². The Morgan fingerprint density at radius 1 is 1.09 bits per heavy atom. The number of imide groups is 1. The highest BCUT2D eigenvalue weighted by Crippen LogP contribution is 2.49. The number of para-hydroxylation sites is 1. The summed E-state index contributed by atoms with van der Waals surface area (Å²) in [5, 5.41) is 15.6. The maximum absolute atomic E-state index is 13.6. The molecule has 0 radical (unpaired) electrons. The maximum atomic E-state index is 13.6. The number of carboxylic acids is 1. The number of carboxylic acid groups (broad SMARTS) is 1. The fourth-order valence-corrected chi connectivity index (χ4v) is 5.46. The van der Waals surface area contributed by atoms with Crippen molar-refractivity contribution in [3.63, 3.8) is 0 Å². The van der Waals surface area contributed by atoms with Gasteiger partial charge in [0.15, 0.2) is 0 Å². The molecule has 2 saturated heterocycles. The number of nitrogens with one attached hydrogen (secondary N) is 1. The van der Waals surface area contributed by atoms with E-state index in [1.165, 1.54) is 24.3 Å². The fourth-order valence-electron chi connectivity index (χ4n) is 5.46. The Labute approximate surface area is 182 Å². The van der Waals surface area contributed by atoms with Gasteiger partial charge in [-0.1, -0.05) is 30.3 Å². The van der Waals surface area contributed by atoms with E-state index in [1.54, 1.807) is 29.6 Å². The fraction of sp³-hybridized carbons (Fsp3) is 0.304. The zero-order valence-electron chi connectivity index (χ0n) is 16.9. The Bertz CT molecular complexity index is 1150. The van der Waals surface area contributed by atoms with Gasteiger partial charge < -0.3 is 20.5 Å². The van der Waals surface area contributed by atoms with E-state index in [4.69, 9.17) is 0 Å². The lowest BCUT2D eigenvalue weighted by atomic mass is 9.76. The number of anilines is 1. The molecule has 164 valence electrons. The third-order valence-electron chi connectivity index (χ3n) is 6.80. The number of rotatable bonds is 5. The standard InChI is InChI=1S/C23H20FN3O5/c24-13-7-5-12(6-8-13)11-27-20(30)18-16(9-10-17(28)29)26-23(19(18)21(27)31)14-3-1-2-4-15(14)25-22(23)32/h1-8,16,18-19,26H,9-11H2,(H,25,32)(H,28,29)/t16-,18-,19+,23+/m1/s1. The number of quaternary nitrogens is 1. The average molecular weight is 437 g/mol. The van der Waals surface area contributed by atoms with Crippen LogP contribution in [0.1, 0.15) is 24.0 Å². The molecule has 0 bridgehead atoms. The Morgan fingerprint density at radius 3 is 2.53 bits per heavy atom. The second-order valence-electron chi connectivity index (χ2n) is 8.50. The van der Waals surface area contributed by atoms with Crippen LogP contribution in [0.3, 0.4) is 0 Å². The highest BCUT2D eigenvalue weighted by Gasteiger charge is 2.73. The van der Waals surface area contributed by atoms with Crippen LogP contribution in [0.2, 0.25) is 0 Å². The third kappa shape index (κ3) is 2.85. The molecular formula is C23H20FN3O5. The molecule has 0 aromatic heterocycles. The lowest BCUT2D eigenvalue weighted by Gasteiger charge is -2.26. The zero-order chi connectivity index (χ0) is 22.6. The Balaban J connectivity index is 1.56. The predicted octanol–water partition coefficient (Wildman–Crippen LogP) is -0.750. The summed E-state index contributed by atoms with van der Waals surface area (Å²) in [7, 11) is 0. The first kappa shape index (κ1) is 20.3. The van der Waals surface area contributed by atoms with Crippen LogP contribution in [0.25, 0.3) is 0 Å². The number of halogens is 1. The van der Waals surface area contributed by atoms with E-state index in [9.17, 15) is 28.7 Å². The van der Waals surface area contributed by atoms with Gasteiger partial charge >= 0.3 is 0 Å². The van der Waals surface area contributed by atoms with Gasteiger partial charge in [-0.15, -0.1) is 0 Å². The van der Waals surface area contributed by atoms with Crippen LogP contribution < -0.4 is 15.7 Å². The largest absolute Gasteiger partial charge is 0.550 e. The number of hydrogen-bond donors (Lipinski definition) is 2. The van der Waals surface area contributed by atoms with Gasteiger partial charge in [0.1, 0.15) is 23.7 Å². The molecule has 3 N–H and O–H groups in total. The molecule has 5 rings (SSSR count). The molecule has 3 heterocycles. The number of benzene rings is 2. The minimum absolute atomic E-state index is 0.0441. The second-order valence-corrected chi connectivity index (χ2v) is 8.50. The van der Waals surface area contributed by atoms with Gasteiger partial charge in [-0.2, -0.15) is 0 Å². The minimum atomic E-state index is -1.35. The van der Waals surface area contributed by atoms with Crippen molar-refractivity contribution in [2.75, 3.05) is 5.32 Å². The van der Waals surface area contributed by atoms with Gasteiger partial charge in [0.2, 0.25) is 17.4 Å². The summed E-state index contributed by atoms with van der Waals surface area (Å²) in [4.78, 5) is 52.4. The molecule has 2 fully saturated rings. The zero-order valence-corrected chi connectivity index (χ0v) is 16.9. The first-order valence-corrected chi connectivity index (χ1v) is 10.4. The summed E-state index contributed by atoms with van der Waals surface area (Å²) < 4.78 is 13.3. The van der Waals surface area contributed by atoms with Crippen molar-refractivity contribution in [2.24, 2.45) is 11.8 Å². The van der Waals surface area contributed by atoms with Gasteiger partial charge in [-0.25, -0.2) is 4.39 Å². The minimum Gasteiger partial charge on any atom is -0.550 e. The first-order chi connectivity index (χ1) is 15.3. The van der Waals surface area contributed by atoms with Gasteiger partial charge in [0.25, 0.3) is 5.91 Å². The molecule has 4 atom stereocenters. The van der Waals surface area contributed by atoms with Crippen molar-refractivity contribution in [3.8, 4) is 0 Å². The van der Waals surface area contributed by atoms with Crippen molar-refractivity contribution >= 4 is 29.4 Å². The third-order valence-corrected chi connectivity index (χ3v) is 6.80. The van der Waals surface area contributed by atoms with E-state index in [0.717, 1.165) is 4.90 Å². The van der Waals surface area contributed by atoms with Crippen LogP contribution >= 0.6 is 0 Å². The van der Waals surface area contributed by atoms with Crippen molar-refractivity contribution in [1.82, 2.24) is 4.90 Å². The van der Waals surface area contributed by atoms with E-state index < -0.39 is 52.9 Å². The smallest absolute Gasteiger partial charge is 0.291 e. The number of nitrogens with two attached hydrogens (primary N) is 1. The van der Waals surface area contributed by atoms with E-state index >= 15 is 0 Å². The number of carbonyl (C=O) groups is 4. The monoisotopic (exact) mass is 437 g/mol. The lowest BCUT2D eigenvalue weighted by Crippen LogP contribution is -2.99. The Hall–Kier alpha value is -3.59. The number of fused-ring (bicyclic) bond motifs is 4. The molecule has 3 aliphatic heterocycles. The lowest BCUT2D eigenvalue weighted by molar-refractivity contribution is -0.734. The molecule has 32 heavy (non-hydrogen) atoms. The van der Waals surface area contributed by atoms with Crippen LogP contribution in [-0.4, -0.2) is 34.6 Å². The normalized spacial score (nSPS) is 28.2. The molecule has 3 aliphatic rings. The summed E-state index contributed by atoms with van der Waals surface area (Å²) in [6.07, 6.45) is -0.201. The van der Waals surface area contributed by atoms with E-state index in [-0.39, 0.29) is 19.4 Å². The SMILES string of the molecule is O=C([O-])CC[C@H]1[NH2+][C@]2(C(=O)Nc3ccccc32)[C@@H]2C(=O)N(Cc3ccc(F)cc3)C(=O)[C@@H]21. The number of aliphatic carboxylic acids is 1. The number of carbonyl (C=O) groups excluding carboxylic acids is 4. The molecule has 0 unspecified atom stereocenters.